The number of hydrogen-bond donors (Lipinski definition) is 0. The van der Waals surface area contributed by atoms with E-state index in [0.29, 0.717) is 12.0 Å². The van der Waals surface area contributed by atoms with Gasteiger partial charge in [0.1, 0.15) is 5.82 Å². The predicted molar refractivity (Wildman–Crippen MR) is 85.9 cm³/mol. The predicted octanol–water partition coefficient (Wildman–Crippen LogP) is 5.71. The van der Waals surface area contributed by atoms with Crippen LogP contribution in [0.1, 0.15) is 51.4 Å². The lowest BCUT2D eigenvalue weighted by molar-refractivity contribution is 0.369. The molecular weight excluding hydrogens is 324 g/mol. The molecule has 0 bridgehead atoms. The molecule has 0 radical (unpaired) electrons. The first-order chi connectivity index (χ1) is 8.95. The summed E-state index contributed by atoms with van der Waals surface area (Å²) >= 11 is 9.86. The second-order valence-electron chi connectivity index (χ2n) is 5.22. The number of fused-ring (bicyclic) bond motifs is 1. The zero-order valence-corrected chi connectivity index (χ0v) is 14.2. The van der Waals surface area contributed by atoms with Crippen LogP contribution in [0, 0.1) is 5.92 Å². The Kier molecular flexibility index (Phi) is 4.57. The maximum Gasteiger partial charge on any atom is 0.127 e. The molecule has 2 aromatic rings. The molecule has 3 unspecified atom stereocenters. The molecule has 0 aliphatic heterocycles. The van der Waals surface area contributed by atoms with Crippen molar-refractivity contribution >= 4 is 38.6 Å². The molecule has 104 valence electrons. The van der Waals surface area contributed by atoms with Gasteiger partial charge >= 0.3 is 0 Å². The van der Waals surface area contributed by atoms with Crippen LogP contribution < -0.4 is 0 Å². The Hall–Kier alpha value is -0.540. The quantitative estimate of drug-likeness (QED) is 0.650. The molecule has 19 heavy (non-hydrogen) atoms. The zero-order valence-electron chi connectivity index (χ0n) is 11.8. The van der Waals surface area contributed by atoms with Crippen LogP contribution in [-0.4, -0.2) is 9.55 Å². The molecule has 2 nitrogen and oxygen atoms in total. The molecular formula is C15H20BrClN2. The number of halogens is 2. The van der Waals surface area contributed by atoms with Crippen LogP contribution >= 0.6 is 27.5 Å². The SMILES string of the molecule is CCC(C)C(C)n1c(C(C)Cl)nc2ccc(Br)cc21. The van der Waals surface area contributed by atoms with Crippen molar-refractivity contribution in [2.75, 3.05) is 0 Å². The number of aromatic nitrogens is 2. The van der Waals surface area contributed by atoms with E-state index in [1.807, 2.05) is 19.1 Å². The largest absolute Gasteiger partial charge is 0.324 e. The van der Waals surface area contributed by atoms with E-state index in [-0.39, 0.29) is 5.38 Å². The van der Waals surface area contributed by atoms with E-state index in [4.69, 9.17) is 16.6 Å². The van der Waals surface area contributed by atoms with Crippen LogP contribution in [0.25, 0.3) is 11.0 Å². The molecule has 1 aromatic heterocycles. The van der Waals surface area contributed by atoms with Gasteiger partial charge in [0.25, 0.3) is 0 Å². The Morgan fingerprint density at radius 3 is 2.58 bits per heavy atom. The van der Waals surface area contributed by atoms with Crippen LogP contribution in [0.5, 0.6) is 0 Å². The van der Waals surface area contributed by atoms with Crippen LogP contribution in [0.4, 0.5) is 0 Å². The molecule has 2 rings (SSSR count). The summed E-state index contributed by atoms with van der Waals surface area (Å²) in [5.74, 6) is 1.55. The summed E-state index contributed by atoms with van der Waals surface area (Å²) in [5, 5.41) is -0.0855. The fraction of sp³-hybridized carbons (Fsp3) is 0.533. The van der Waals surface area contributed by atoms with Gasteiger partial charge in [-0.1, -0.05) is 36.2 Å². The molecule has 3 atom stereocenters. The van der Waals surface area contributed by atoms with E-state index in [0.717, 1.165) is 27.8 Å². The minimum atomic E-state index is -0.0855. The van der Waals surface area contributed by atoms with E-state index in [1.165, 1.54) is 0 Å². The molecule has 0 saturated heterocycles. The van der Waals surface area contributed by atoms with Gasteiger partial charge in [-0.05, 0) is 38.0 Å². The van der Waals surface area contributed by atoms with E-state index >= 15 is 0 Å². The Morgan fingerprint density at radius 2 is 2.00 bits per heavy atom. The van der Waals surface area contributed by atoms with Gasteiger partial charge in [0.05, 0.1) is 16.4 Å². The molecule has 0 amide bonds. The van der Waals surface area contributed by atoms with Crippen molar-refractivity contribution in [1.82, 2.24) is 9.55 Å². The van der Waals surface area contributed by atoms with Gasteiger partial charge in [-0.2, -0.15) is 0 Å². The second-order valence-corrected chi connectivity index (χ2v) is 6.79. The maximum atomic E-state index is 6.32. The van der Waals surface area contributed by atoms with Crippen LogP contribution in [0.2, 0.25) is 0 Å². The Balaban J connectivity index is 2.66. The first-order valence-corrected chi connectivity index (χ1v) is 8.00. The minimum Gasteiger partial charge on any atom is -0.324 e. The number of alkyl halides is 1. The Labute approximate surface area is 128 Å². The van der Waals surface area contributed by atoms with Crippen molar-refractivity contribution in [3.05, 3.63) is 28.5 Å². The average molecular weight is 344 g/mol. The molecule has 1 heterocycles. The average Bonchev–Trinajstić information content (AvgIpc) is 2.75. The first-order valence-electron chi connectivity index (χ1n) is 6.77. The summed E-state index contributed by atoms with van der Waals surface area (Å²) in [4.78, 5) is 4.70. The zero-order chi connectivity index (χ0) is 14.2. The molecule has 0 spiro atoms. The van der Waals surface area contributed by atoms with Gasteiger partial charge in [-0.25, -0.2) is 4.98 Å². The monoisotopic (exact) mass is 342 g/mol. The third kappa shape index (κ3) is 2.82. The highest BCUT2D eigenvalue weighted by atomic mass is 79.9. The van der Waals surface area contributed by atoms with Gasteiger partial charge in [0.2, 0.25) is 0 Å². The number of hydrogen-bond acceptors (Lipinski definition) is 1. The summed E-state index contributed by atoms with van der Waals surface area (Å²) in [6, 6.07) is 6.59. The van der Waals surface area contributed by atoms with E-state index in [1.54, 1.807) is 0 Å². The van der Waals surface area contributed by atoms with Crippen LogP contribution in [0.3, 0.4) is 0 Å². The highest BCUT2D eigenvalue weighted by Crippen LogP contribution is 2.33. The van der Waals surface area contributed by atoms with Gasteiger partial charge in [0, 0.05) is 10.5 Å². The fourth-order valence-corrected chi connectivity index (χ4v) is 2.89. The van der Waals surface area contributed by atoms with Gasteiger partial charge in [0.15, 0.2) is 0 Å². The lowest BCUT2D eigenvalue weighted by atomic mass is 10.0. The first kappa shape index (κ1) is 14.9. The van der Waals surface area contributed by atoms with Crippen molar-refractivity contribution in [2.45, 2.75) is 45.5 Å². The topological polar surface area (TPSA) is 17.8 Å². The van der Waals surface area contributed by atoms with Gasteiger partial charge < -0.3 is 4.57 Å². The lowest BCUT2D eigenvalue weighted by Gasteiger charge is -2.23. The third-order valence-electron chi connectivity index (χ3n) is 3.91. The molecule has 0 saturated carbocycles. The third-order valence-corrected chi connectivity index (χ3v) is 4.60. The van der Waals surface area contributed by atoms with Gasteiger partial charge in [-0.15, -0.1) is 11.6 Å². The number of nitrogens with zero attached hydrogens (tertiary/aromatic N) is 2. The molecule has 1 aromatic carbocycles. The summed E-state index contributed by atoms with van der Waals surface area (Å²) in [6.07, 6.45) is 1.14. The lowest BCUT2D eigenvalue weighted by Crippen LogP contribution is -2.16. The molecule has 0 aliphatic rings. The fourth-order valence-electron chi connectivity index (χ4n) is 2.39. The van der Waals surface area contributed by atoms with Crippen molar-refractivity contribution in [1.29, 1.82) is 0 Å². The van der Waals surface area contributed by atoms with E-state index < -0.39 is 0 Å². The summed E-state index contributed by atoms with van der Waals surface area (Å²) in [6.45, 7) is 8.73. The van der Waals surface area contributed by atoms with Gasteiger partial charge in [-0.3, -0.25) is 0 Å². The van der Waals surface area contributed by atoms with Crippen molar-refractivity contribution in [2.24, 2.45) is 5.92 Å². The number of benzene rings is 1. The smallest absolute Gasteiger partial charge is 0.127 e. The number of imidazole rings is 1. The highest BCUT2D eigenvalue weighted by Gasteiger charge is 2.22. The summed E-state index contributed by atoms with van der Waals surface area (Å²) in [5.41, 5.74) is 2.17. The minimum absolute atomic E-state index is 0.0855. The van der Waals surface area contributed by atoms with Crippen molar-refractivity contribution in [3.63, 3.8) is 0 Å². The Bertz CT molecular complexity index is 577. The normalized spacial score (nSPS) is 16.5. The van der Waals surface area contributed by atoms with E-state index in [9.17, 15) is 0 Å². The molecule has 0 N–H and O–H groups in total. The van der Waals surface area contributed by atoms with Crippen LogP contribution in [0.15, 0.2) is 22.7 Å². The summed E-state index contributed by atoms with van der Waals surface area (Å²) in [7, 11) is 0. The summed E-state index contributed by atoms with van der Waals surface area (Å²) < 4.78 is 3.37. The number of rotatable bonds is 4. The highest BCUT2D eigenvalue weighted by molar-refractivity contribution is 9.10. The second kappa shape index (κ2) is 5.84. The maximum absolute atomic E-state index is 6.32. The molecule has 0 aliphatic carbocycles. The van der Waals surface area contributed by atoms with E-state index in [2.05, 4.69) is 47.3 Å². The molecule has 4 heteroatoms. The Morgan fingerprint density at radius 1 is 1.32 bits per heavy atom. The van der Waals surface area contributed by atoms with Crippen molar-refractivity contribution in [3.8, 4) is 0 Å². The standard InChI is InChI=1S/C15H20BrClN2/c1-5-9(2)11(4)19-14-8-12(16)6-7-13(14)18-15(19)10(3)17/h6-11H,5H2,1-4H3. The molecule has 0 fully saturated rings. The van der Waals surface area contributed by atoms with Crippen molar-refractivity contribution < 1.29 is 0 Å². The van der Waals surface area contributed by atoms with Crippen LogP contribution in [-0.2, 0) is 0 Å².